The topological polar surface area (TPSA) is 29.1 Å². The predicted molar refractivity (Wildman–Crippen MR) is 77.4 cm³/mol. The molecule has 1 heterocycles. The van der Waals surface area contributed by atoms with E-state index in [1.54, 1.807) is 0 Å². The molecule has 0 atom stereocenters. The summed E-state index contributed by atoms with van der Waals surface area (Å²) in [4.78, 5) is 12.5. The van der Waals surface area contributed by atoms with Crippen LogP contribution in [0.1, 0.15) is 22.3 Å². The molecule has 1 saturated heterocycles. The van der Waals surface area contributed by atoms with Crippen molar-refractivity contribution >= 4 is 40.3 Å². The average Bonchev–Trinajstić information content (AvgIpc) is 2.54. The van der Waals surface area contributed by atoms with Crippen molar-refractivity contribution in [2.75, 3.05) is 0 Å². The van der Waals surface area contributed by atoms with Gasteiger partial charge in [-0.2, -0.15) is 0 Å². The van der Waals surface area contributed by atoms with Gasteiger partial charge >= 0.3 is 0 Å². The highest BCUT2D eigenvalue weighted by molar-refractivity contribution is 8.19. The first-order valence-electron chi connectivity index (χ1n) is 5.30. The highest BCUT2D eigenvalue weighted by Crippen LogP contribution is 2.28. The maximum absolute atomic E-state index is 11.2. The van der Waals surface area contributed by atoms with Crippen LogP contribution in [0.2, 0.25) is 0 Å². The lowest BCUT2D eigenvalue weighted by Gasteiger charge is -2.06. The van der Waals surface area contributed by atoms with E-state index in [2.05, 4.69) is 38.2 Å². The largest absolute Gasteiger partial charge is 0.307 e. The summed E-state index contributed by atoms with van der Waals surface area (Å²) in [5.74, 6) is 0. The summed E-state index contributed by atoms with van der Waals surface area (Å²) in [6.07, 6.45) is 1.98. The summed E-state index contributed by atoms with van der Waals surface area (Å²) in [6, 6.07) is 4.28. The third-order valence-corrected chi connectivity index (χ3v) is 4.09. The Morgan fingerprint density at radius 3 is 2.41 bits per heavy atom. The molecule has 0 aromatic heterocycles. The molecule has 0 radical (unpaired) electrons. The monoisotopic (exact) mass is 263 g/mol. The molecule has 0 bridgehead atoms. The number of nitrogens with one attached hydrogen (secondary N) is 1. The zero-order valence-electron chi connectivity index (χ0n) is 9.96. The second-order valence-corrected chi connectivity index (χ2v) is 5.57. The summed E-state index contributed by atoms with van der Waals surface area (Å²) in [7, 11) is 0. The molecule has 1 aliphatic rings. The van der Waals surface area contributed by atoms with Crippen molar-refractivity contribution in [3.63, 3.8) is 0 Å². The Bertz CT molecular complexity index is 547. The molecule has 1 aromatic rings. The van der Waals surface area contributed by atoms with Crippen molar-refractivity contribution in [1.82, 2.24) is 5.32 Å². The highest BCUT2D eigenvalue weighted by Gasteiger charge is 2.21. The molecular formula is C13H13NOS2. The molecule has 2 rings (SSSR count). The lowest BCUT2D eigenvalue weighted by Crippen LogP contribution is -2.15. The van der Waals surface area contributed by atoms with Gasteiger partial charge in [0.25, 0.3) is 5.24 Å². The SMILES string of the molecule is Cc1cc(C)c(/C=C2\SC(=O)NC2=S)cc1C. The van der Waals surface area contributed by atoms with Gasteiger partial charge in [0.2, 0.25) is 0 Å². The van der Waals surface area contributed by atoms with Gasteiger partial charge in [0.15, 0.2) is 0 Å². The van der Waals surface area contributed by atoms with E-state index in [0.717, 1.165) is 22.2 Å². The van der Waals surface area contributed by atoms with E-state index < -0.39 is 0 Å². The molecule has 1 aliphatic heterocycles. The maximum atomic E-state index is 11.2. The minimum absolute atomic E-state index is 0.0947. The quantitative estimate of drug-likeness (QED) is 0.618. The van der Waals surface area contributed by atoms with Crippen molar-refractivity contribution in [2.45, 2.75) is 20.8 Å². The smallest absolute Gasteiger partial charge is 0.289 e. The van der Waals surface area contributed by atoms with Crippen molar-refractivity contribution in [3.05, 3.63) is 39.3 Å². The molecule has 2 nitrogen and oxygen atoms in total. The fourth-order valence-electron chi connectivity index (χ4n) is 1.70. The predicted octanol–water partition coefficient (Wildman–Crippen LogP) is 3.74. The fourth-order valence-corrected chi connectivity index (χ4v) is 2.72. The molecule has 0 saturated carbocycles. The standard InChI is InChI=1S/C13H13NOS2/c1-7-4-9(3)10(5-8(7)2)6-11-12(16)14-13(15)17-11/h4-6H,1-3H3,(H,14,15,16)/b11-6-. The second-order valence-electron chi connectivity index (χ2n) is 4.15. The molecule has 1 aromatic carbocycles. The minimum atomic E-state index is -0.0947. The molecule has 17 heavy (non-hydrogen) atoms. The van der Waals surface area contributed by atoms with E-state index in [-0.39, 0.29) is 5.24 Å². The van der Waals surface area contributed by atoms with Gasteiger partial charge in [-0.3, -0.25) is 4.79 Å². The number of thiocarbonyl (C=S) groups is 1. The van der Waals surface area contributed by atoms with E-state index in [9.17, 15) is 4.79 Å². The number of thioether (sulfide) groups is 1. The van der Waals surface area contributed by atoms with Gasteiger partial charge in [-0.05, 0) is 60.9 Å². The van der Waals surface area contributed by atoms with Gasteiger partial charge in [-0.1, -0.05) is 24.4 Å². The number of benzene rings is 1. The van der Waals surface area contributed by atoms with Gasteiger partial charge in [0, 0.05) is 0 Å². The Morgan fingerprint density at radius 1 is 1.18 bits per heavy atom. The molecule has 0 aliphatic carbocycles. The molecule has 0 unspecified atom stereocenters. The number of aryl methyl sites for hydroxylation is 3. The van der Waals surface area contributed by atoms with Gasteiger partial charge in [-0.15, -0.1) is 0 Å². The summed E-state index contributed by atoms with van der Waals surface area (Å²) in [5.41, 5.74) is 4.84. The molecule has 1 amide bonds. The van der Waals surface area contributed by atoms with Crippen LogP contribution in [0, 0.1) is 20.8 Å². The van der Waals surface area contributed by atoms with Crippen LogP contribution < -0.4 is 5.32 Å². The zero-order chi connectivity index (χ0) is 12.6. The Labute approximate surface area is 110 Å². The van der Waals surface area contributed by atoms with Crippen LogP contribution in [0.15, 0.2) is 17.0 Å². The van der Waals surface area contributed by atoms with Gasteiger partial charge in [0.1, 0.15) is 4.99 Å². The summed E-state index contributed by atoms with van der Waals surface area (Å²) >= 11 is 6.25. The van der Waals surface area contributed by atoms with E-state index in [1.165, 1.54) is 16.7 Å². The first kappa shape index (κ1) is 12.3. The van der Waals surface area contributed by atoms with Gasteiger partial charge < -0.3 is 5.32 Å². The second kappa shape index (κ2) is 4.63. The van der Waals surface area contributed by atoms with Crippen molar-refractivity contribution in [3.8, 4) is 0 Å². The van der Waals surface area contributed by atoms with Crippen LogP contribution >= 0.6 is 24.0 Å². The van der Waals surface area contributed by atoms with Crippen molar-refractivity contribution in [1.29, 1.82) is 0 Å². The van der Waals surface area contributed by atoms with Crippen LogP contribution in [-0.4, -0.2) is 10.2 Å². The lowest BCUT2D eigenvalue weighted by atomic mass is 10.0. The van der Waals surface area contributed by atoms with Crippen LogP contribution in [0.5, 0.6) is 0 Å². The minimum Gasteiger partial charge on any atom is -0.307 e. The fraction of sp³-hybridized carbons (Fsp3) is 0.231. The number of rotatable bonds is 1. The third-order valence-electron chi connectivity index (χ3n) is 2.81. The van der Waals surface area contributed by atoms with Crippen LogP contribution in [-0.2, 0) is 0 Å². The van der Waals surface area contributed by atoms with Crippen LogP contribution in [0.25, 0.3) is 6.08 Å². The Kier molecular flexibility index (Phi) is 3.35. The Hall–Kier alpha value is -1.13. The number of carbonyl (C=O) groups excluding carboxylic acids is 1. The summed E-state index contributed by atoms with van der Waals surface area (Å²) in [6.45, 7) is 6.25. The van der Waals surface area contributed by atoms with E-state index in [1.807, 2.05) is 6.08 Å². The number of hydrogen-bond donors (Lipinski definition) is 1. The first-order valence-corrected chi connectivity index (χ1v) is 6.52. The number of amides is 1. The Morgan fingerprint density at radius 2 is 1.82 bits per heavy atom. The summed E-state index contributed by atoms with van der Waals surface area (Å²) < 4.78 is 0. The van der Waals surface area contributed by atoms with Gasteiger partial charge in [-0.25, -0.2) is 0 Å². The highest BCUT2D eigenvalue weighted by atomic mass is 32.2. The zero-order valence-corrected chi connectivity index (χ0v) is 11.6. The van der Waals surface area contributed by atoms with Crippen molar-refractivity contribution < 1.29 is 4.79 Å². The van der Waals surface area contributed by atoms with E-state index >= 15 is 0 Å². The molecule has 4 heteroatoms. The number of hydrogen-bond acceptors (Lipinski definition) is 3. The normalized spacial score (nSPS) is 17.7. The lowest BCUT2D eigenvalue weighted by molar-refractivity contribution is 0.265. The molecule has 0 spiro atoms. The molecule has 1 fully saturated rings. The average molecular weight is 263 g/mol. The first-order chi connectivity index (χ1) is 7.97. The molecule has 88 valence electrons. The number of carbonyl (C=O) groups is 1. The van der Waals surface area contributed by atoms with Crippen molar-refractivity contribution in [2.24, 2.45) is 0 Å². The summed E-state index contributed by atoms with van der Waals surface area (Å²) in [5, 5.41) is 2.53. The molecular weight excluding hydrogens is 250 g/mol. The molecule has 1 N–H and O–H groups in total. The Balaban J connectivity index is 2.42. The van der Waals surface area contributed by atoms with Crippen LogP contribution in [0.4, 0.5) is 4.79 Å². The third kappa shape index (κ3) is 2.58. The van der Waals surface area contributed by atoms with E-state index in [4.69, 9.17) is 12.2 Å². The van der Waals surface area contributed by atoms with Gasteiger partial charge in [0.05, 0.1) is 4.91 Å². The van der Waals surface area contributed by atoms with Crippen LogP contribution in [0.3, 0.4) is 0 Å². The maximum Gasteiger partial charge on any atom is 0.289 e. The van der Waals surface area contributed by atoms with E-state index in [0.29, 0.717) is 4.99 Å².